The van der Waals surface area contributed by atoms with Crippen LogP contribution in [-0.4, -0.2) is 31.5 Å². The van der Waals surface area contributed by atoms with Crippen molar-refractivity contribution < 1.29 is 14.3 Å². The average molecular weight is 415 g/mol. The molecule has 2 aromatic rings. The number of amides is 2. The first-order valence-corrected chi connectivity index (χ1v) is 9.02. The van der Waals surface area contributed by atoms with E-state index in [9.17, 15) is 9.59 Å². The van der Waals surface area contributed by atoms with E-state index in [2.05, 4.69) is 21.2 Å². The number of anilines is 1. The Bertz CT molecular complexity index is 879. The number of rotatable bonds is 3. The maximum absolute atomic E-state index is 12.8. The quantitative estimate of drug-likeness (QED) is 0.783. The second-order valence-electron chi connectivity index (χ2n) is 6.00. The zero-order valence-electron chi connectivity index (χ0n) is 14.5. The first-order valence-electron chi connectivity index (χ1n) is 8.22. The molecule has 0 bridgehead atoms. The lowest BCUT2D eigenvalue weighted by atomic mass is 10.1. The number of hydrogen-bond donors (Lipinski definition) is 1. The predicted molar refractivity (Wildman–Crippen MR) is 105 cm³/mol. The van der Waals surface area contributed by atoms with Crippen LogP contribution < -0.4 is 15.0 Å². The van der Waals surface area contributed by atoms with Gasteiger partial charge in [0.15, 0.2) is 6.10 Å². The zero-order chi connectivity index (χ0) is 18.7. The minimum absolute atomic E-state index is 0.162. The first-order chi connectivity index (χ1) is 12.5. The summed E-state index contributed by atoms with van der Waals surface area (Å²) in [5, 5.41) is 2.57. The van der Waals surface area contributed by atoms with Crippen LogP contribution in [0.1, 0.15) is 11.1 Å². The Morgan fingerprint density at radius 3 is 2.77 bits per heavy atom. The minimum Gasteiger partial charge on any atom is -0.477 e. The minimum atomic E-state index is -0.738. The van der Waals surface area contributed by atoms with Gasteiger partial charge in [-0.3, -0.25) is 9.59 Å². The molecule has 3 rings (SSSR count). The zero-order valence-corrected chi connectivity index (χ0v) is 16.1. The summed E-state index contributed by atoms with van der Waals surface area (Å²) in [5.41, 5.74) is 2.70. The van der Waals surface area contributed by atoms with Crippen LogP contribution >= 0.6 is 15.9 Å². The van der Waals surface area contributed by atoms with Crippen molar-refractivity contribution in [2.75, 3.05) is 18.5 Å². The molecule has 0 saturated carbocycles. The lowest BCUT2D eigenvalue weighted by Gasteiger charge is -2.33. The fourth-order valence-corrected chi connectivity index (χ4v) is 3.38. The van der Waals surface area contributed by atoms with Crippen molar-refractivity contribution in [1.29, 1.82) is 0 Å². The fraction of sp³-hybridized carbons (Fsp3) is 0.200. The fourth-order valence-electron chi connectivity index (χ4n) is 2.76. The maximum Gasteiger partial charge on any atom is 0.262 e. The molecule has 0 aromatic heterocycles. The number of nitrogens with one attached hydrogen (secondary N) is 1. The number of carbonyl (C=O) groups is 2. The van der Waals surface area contributed by atoms with Crippen molar-refractivity contribution in [3.63, 3.8) is 0 Å². The smallest absolute Gasteiger partial charge is 0.262 e. The Morgan fingerprint density at radius 2 is 2.04 bits per heavy atom. The summed E-state index contributed by atoms with van der Waals surface area (Å²) in [7, 11) is 1.55. The highest BCUT2D eigenvalue weighted by atomic mass is 79.9. The van der Waals surface area contributed by atoms with E-state index in [1.165, 1.54) is 6.08 Å². The third kappa shape index (κ3) is 3.80. The molecular formula is C20H19BrN2O3. The number of aryl methyl sites for hydroxylation is 1. The number of nitrogens with zero attached hydrogens (tertiary/aromatic N) is 1. The molecule has 0 fully saturated rings. The Morgan fingerprint density at radius 1 is 1.27 bits per heavy atom. The number of fused-ring (bicyclic) bond motifs is 1. The second-order valence-corrected chi connectivity index (χ2v) is 6.85. The van der Waals surface area contributed by atoms with Gasteiger partial charge in [-0.25, -0.2) is 0 Å². The van der Waals surface area contributed by atoms with Crippen molar-refractivity contribution in [2.45, 2.75) is 13.0 Å². The van der Waals surface area contributed by atoms with Crippen LogP contribution in [0.3, 0.4) is 0 Å². The van der Waals surface area contributed by atoms with Crippen LogP contribution in [0.5, 0.6) is 5.75 Å². The van der Waals surface area contributed by atoms with Gasteiger partial charge in [-0.2, -0.15) is 0 Å². The SMILES string of the molecule is CNC(=O)[C@@H]1CN(C(=O)/C=C/c2ccc(C)cc2Br)c2ccccc2O1. The van der Waals surface area contributed by atoms with Crippen LogP contribution in [0.4, 0.5) is 5.69 Å². The molecule has 1 aliphatic heterocycles. The summed E-state index contributed by atoms with van der Waals surface area (Å²) in [6, 6.07) is 13.1. The van der Waals surface area contributed by atoms with Crippen LogP contribution in [0.15, 0.2) is 53.0 Å². The van der Waals surface area contributed by atoms with Crippen LogP contribution in [0.25, 0.3) is 6.08 Å². The number of likely N-dealkylation sites (N-methyl/N-ethyl adjacent to an activating group) is 1. The Kier molecular flexibility index (Phi) is 5.42. The largest absolute Gasteiger partial charge is 0.477 e. The van der Waals surface area contributed by atoms with Crippen molar-refractivity contribution in [2.24, 2.45) is 0 Å². The highest BCUT2D eigenvalue weighted by molar-refractivity contribution is 9.10. The van der Waals surface area contributed by atoms with E-state index < -0.39 is 6.10 Å². The van der Waals surface area contributed by atoms with Crippen molar-refractivity contribution in [1.82, 2.24) is 5.32 Å². The molecule has 1 atom stereocenters. The molecule has 1 N–H and O–H groups in total. The van der Waals surface area contributed by atoms with E-state index in [4.69, 9.17) is 4.74 Å². The van der Waals surface area contributed by atoms with Crippen molar-refractivity contribution in [3.05, 3.63) is 64.1 Å². The summed E-state index contributed by atoms with van der Waals surface area (Å²) < 4.78 is 6.65. The van der Waals surface area contributed by atoms with E-state index in [-0.39, 0.29) is 18.4 Å². The summed E-state index contributed by atoms with van der Waals surface area (Å²) in [6.07, 6.45) is 2.54. The second kappa shape index (κ2) is 7.74. The molecule has 2 amide bonds. The van der Waals surface area contributed by atoms with Gasteiger partial charge in [0.25, 0.3) is 11.8 Å². The molecule has 6 heteroatoms. The van der Waals surface area contributed by atoms with E-state index in [1.807, 2.05) is 43.3 Å². The number of hydrogen-bond acceptors (Lipinski definition) is 3. The number of para-hydroxylation sites is 2. The number of carbonyl (C=O) groups excluding carboxylic acids is 2. The maximum atomic E-state index is 12.8. The van der Waals surface area contributed by atoms with Gasteiger partial charge in [-0.1, -0.05) is 40.2 Å². The lowest BCUT2D eigenvalue weighted by molar-refractivity contribution is -0.127. The monoisotopic (exact) mass is 414 g/mol. The molecule has 2 aromatic carbocycles. The number of ether oxygens (including phenoxy) is 1. The van der Waals surface area contributed by atoms with Crippen LogP contribution in [0.2, 0.25) is 0 Å². The molecule has 1 aliphatic rings. The average Bonchev–Trinajstić information content (AvgIpc) is 2.65. The number of benzene rings is 2. The van der Waals surface area contributed by atoms with Gasteiger partial charge in [-0.15, -0.1) is 0 Å². The highest BCUT2D eigenvalue weighted by Gasteiger charge is 2.32. The molecule has 134 valence electrons. The van der Waals surface area contributed by atoms with Gasteiger partial charge in [0, 0.05) is 17.6 Å². The summed E-state index contributed by atoms with van der Waals surface area (Å²) in [4.78, 5) is 26.4. The Labute approximate surface area is 160 Å². The van der Waals surface area contributed by atoms with Crippen molar-refractivity contribution in [3.8, 4) is 5.75 Å². The molecular weight excluding hydrogens is 396 g/mol. The third-order valence-corrected chi connectivity index (χ3v) is 4.83. The van der Waals surface area contributed by atoms with Gasteiger partial charge < -0.3 is 15.0 Å². The Balaban J connectivity index is 1.87. The van der Waals surface area contributed by atoms with E-state index >= 15 is 0 Å². The topological polar surface area (TPSA) is 58.6 Å². The molecule has 0 spiro atoms. The third-order valence-electron chi connectivity index (χ3n) is 4.14. The van der Waals surface area contributed by atoms with Gasteiger partial charge in [0.1, 0.15) is 5.75 Å². The molecule has 26 heavy (non-hydrogen) atoms. The van der Waals surface area contributed by atoms with Gasteiger partial charge in [0.2, 0.25) is 0 Å². The lowest BCUT2D eigenvalue weighted by Crippen LogP contribution is -2.49. The van der Waals surface area contributed by atoms with E-state index in [1.54, 1.807) is 24.1 Å². The summed E-state index contributed by atoms with van der Waals surface area (Å²) in [6.45, 7) is 2.17. The molecule has 1 heterocycles. The molecule has 0 unspecified atom stereocenters. The van der Waals surface area contributed by atoms with Crippen LogP contribution in [0, 0.1) is 6.92 Å². The summed E-state index contributed by atoms with van der Waals surface area (Å²) >= 11 is 3.51. The predicted octanol–water partition coefficient (Wildman–Crippen LogP) is 3.31. The molecule has 0 aliphatic carbocycles. The molecule has 0 saturated heterocycles. The highest BCUT2D eigenvalue weighted by Crippen LogP contribution is 2.33. The normalized spacial score (nSPS) is 16.1. The standard InChI is InChI=1S/C20H19BrN2O3/c1-13-7-8-14(15(21)11-13)9-10-19(24)23-12-18(20(25)22-2)26-17-6-4-3-5-16(17)23/h3-11,18H,12H2,1-2H3,(H,22,25)/b10-9+/t18-/m0/s1. The first kappa shape index (κ1) is 18.2. The van der Waals surface area contributed by atoms with Gasteiger partial charge >= 0.3 is 0 Å². The van der Waals surface area contributed by atoms with Crippen LogP contribution in [-0.2, 0) is 9.59 Å². The van der Waals surface area contributed by atoms with Gasteiger partial charge in [0.05, 0.1) is 12.2 Å². The number of halogens is 1. The van der Waals surface area contributed by atoms with E-state index in [0.717, 1.165) is 15.6 Å². The van der Waals surface area contributed by atoms with Gasteiger partial charge in [-0.05, 0) is 42.3 Å². The molecule has 5 nitrogen and oxygen atoms in total. The van der Waals surface area contributed by atoms with E-state index in [0.29, 0.717) is 11.4 Å². The Hall–Kier alpha value is -2.60. The molecule has 0 radical (unpaired) electrons. The van der Waals surface area contributed by atoms with Crippen molar-refractivity contribution >= 4 is 39.5 Å². The summed E-state index contributed by atoms with van der Waals surface area (Å²) in [5.74, 6) is 0.0512.